The second kappa shape index (κ2) is 3.00. The predicted octanol–water partition coefficient (Wildman–Crippen LogP) is 2.25. The van der Waals surface area contributed by atoms with E-state index in [0.717, 1.165) is 0 Å². The van der Waals surface area contributed by atoms with Gasteiger partial charge >= 0.3 is 0 Å². The Labute approximate surface area is 46.1 Å². The molecule has 0 saturated carbocycles. The largest absolute Gasteiger partial charge is 0.251 e. The molecule has 0 fully saturated rings. The standard InChI is InChI=1S/C6H13F/c1-5(2)6(3)4-7/h5-6H,4H2,1-3H3/i5D. The third-order valence-corrected chi connectivity index (χ3v) is 1.22. The van der Waals surface area contributed by atoms with Gasteiger partial charge in [0.05, 0.1) is 6.67 Å². The van der Waals surface area contributed by atoms with E-state index >= 15 is 0 Å². The Morgan fingerprint density at radius 1 is 1.57 bits per heavy atom. The van der Waals surface area contributed by atoms with E-state index in [1.54, 1.807) is 20.8 Å². The maximum Gasteiger partial charge on any atom is 0.0922 e. The first-order valence-electron chi connectivity index (χ1n) is 3.04. The summed E-state index contributed by atoms with van der Waals surface area (Å²) in [6.45, 7) is 4.79. The number of hydrogen-bond donors (Lipinski definition) is 0. The molecule has 44 valence electrons. The molecule has 0 rings (SSSR count). The lowest BCUT2D eigenvalue weighted by atomic mass is 10.0. The van der Waals surface area contributed by atoms with Gasteiger partial charge in [-0.25, -0.2) is 0 Å². The fraction of sp³-hybridized carbons (Fsp3) is 1.00. The third kappa shape index (κ3) is 2.60. The van der Waals surface area contributed by atoms with Crippen molar-refractivity contribution >= 4 is 0 Å². The smallest absolute Gasteiger partial charge is 0.0922 e. The molecule has 1 unspecified atom stereocenters. The Hall–Kier alpha value is -0.0700. The van der Waals surface area contributed by atoms with Crippen LogP contribution in [0.4, 0.5) is 4.39 Å². The lowest BCUT2D eigenvalue weighted by Gasteiger charge is -2.08. The molecule has 0 heterocycles. The lowest BCUT2D eigenvalue weighted by molar-refractivity contribution is 0.311. The van der Waals surface area contributed by atoms with Crippen molar-refractivity contribution in [2.45, 2.75) is 20.8 Å². The van der Waals surface area contributed by atoms with Gasteiger partial charge < -0.3 is 0 Å². The third-order valence-electron chi connectivity index (χ3n) is 1.22. The van der Waals surface area contributed by atoms with Crippen LogP contribution in [-0.2, 0) is 0 Å². The van der Waals surface area contributed by atoms with Gasteiger partial charge in [-0.3, -0.25) is 4.39 Å². The molecule has 0 aliphatic rings. The molecule has 0 bridgehead atoms. The molecule has 0 N–H and O–H groups in total. The highest BCUT2D eigenvalue weighted by molar-refractivity contribution is 4.52. The van der Waals surface area contributed by atoms with Crippen LogP contribution in [0, 0.1) is 11.8 Å². The van der Waals surface area contributed by atoms with E-state index in [1.807, 2.05) is 0 Å². The van der Waals surface area contributed by atoms with E-state index in [0.29, 0.717) is 0 Å². The molecule has 0 aliphatic heterocycles. The molecule has 0 saturated heterocycles. The van der Waals surface area contributed by atoms with Gasteiger partial charge in [-0.15, -0.1) is 0 Å². The van der Waals surface area contributed by atoms with Crippen molar-refractivity contribution in [2.24, 2.45) is 11.8 Å². The molecule has 0 aliphatic carbocycles. The zero-order valence-corrected chi connectivity index (χ0v) is 5.16. The number of halogens is 1. The quantitative estimate of drug-likeness (QED) is 0.505. The van der Waals surface area contributed by atoms with Crippen molar-refractivity contribution < 1.29 is 5.76 Å². The Bertz CT molecular complexity index is 65.4. The molecule has 1 heteroatoms. The van der Waals surface area contributed by atoms with Crippen LogP contribution in [0.2, 0.25) is 0 Å². The average molecular weight is 105 g/mol. The van der Waals surface area contributed by atoms with Gasteiger partial charge in [0.15, 0.2) is 0 Å². The highest BCUT2D eigenvalue weighted by atomic mass is 19.1. The second-order valence-corrected chi connectivity index (χ2v) is 2.13. The van der Waals surface area contributed by atoms with E-state index < -0.39 is 12.6 Å². The van der Waals surface area contributed by atoms with Crippen LogP contribution in [0.1, 0.15) is 22.1 Å². The van der Waals surface area contributed by atoms with Crippen molar-refractivity contribution in [3.8, 4) is 0 Å². The van der Waals surface area contributed by atoms with Gasteiger partial charge in [0, 0.05) is 1.37 Å². The molecule has 7 heavy (non-hydrogen) atoms. The molecule has 0 nitrogen and oxygen atoms in total. The van der Waals surface area contributed by atoms with E-state index in [1.165, 1.54) is 0 Å². The Morgan fingerprint density at radius 2 is 2.00 bits per heavy atom. The molecule has 0 aromatic heterocycles. The monoisotopic (exact) mass is 105 g/mol. The highest BCUT2D eigenvalue weighted by Crippen LogP contribution is 2.08. The SMILES string of the molecule is [2H]C(C)(C)C(C)CF. The van der Waals surface area contributed by atoms with Gasteiger partial charge in [0.25, 0.3) is 0 Å². The highest BCUT2D eigenvalue weighted by Gasteiger charge is 2.03. The van der Waals surface area contributed by atoms with E-state index in [4.69, 9.17) is 1.37 Å². The Balaban J connectivity index is 3.62. The minimum Gasteiger partial charge on any atom is -0.251 e. The van der Waals surface area contributed by atoms with Gasteiger partial charge in [0.1, 0.15) is 0 Å². The first-order chi connectivity index (χ1) is 3.48. The molecule has 0 amide bonds. The summed E-state index contributed by atoms with van der Waals surface area (Å²) in [5, 5.41) is 0. The first kappa shape index (κ1) is 5.07. The van der Waals surface area contributed by atoms with E-state index in [-0.39, 0.29) is 5.92 Å². The van der Waals surface area contributed by atoms with Crippen LogP contribution in [0.3, 0.4) is 0 Å². The normalized spacial score (nSPS) is 18.6. The van der Waals surface area contributed by atoms with E-state index in [2.05, 4.69) is 0 Å². The van der Waals surface area contributed by atoms with Crippen molar-refractivity contribution in [2.75, 3.05) is 6.67 Å². The Morgan fingerprint density at radius 3 is 2.00 bits per heavy atom. The van der Waals surface area contributed by atoms with Crippen molar-refractivity contribution in [1.82, 2.24) is 0 Å². The molecule has 1 atom stereocenters. The maximum absolute atomic E-state index is 11.8. The molecule has 0 spiro atoms. The zero-order valence-electron chi connectivity index (χ0n) is 6.16. The van der Waals surface area contributed by atoms with Crippen LogP contribution in [0.5, 0.6) is 0 Å². The lowest BCUT2D eigenvalue weighted by Crippen LogP contribution is -2.04. The van der Waals surface area contributed by atoms with E-state index in [9.17, 15) is 4.39 Å². The molecular formula is C6H13F. The maximum atomic E-state index is 11.8. The summed E-state index contributed by atoms with van der Waals surface area (Å²) in [4.78, 5) is 0. The molecule has 0 aromatic carbocycles. The van der Waals surface area contributed by atoms with Crippen LogP contribution < -0.4 is 0 Å². The van der Waals surface area contributed by atoms with Crippen LogP contribution in [-0.4, -0.2) is 6.67 Å². The summed E-state index contributed by atoms with van der Waals surface area (Å²) in [6, 6.07) is 0. The van der Waals surface area contributed by atoms with Crippen molar-refractivity contribution in [1.29, 1.82) is 0 Å². The van der Waals surface area contributed by atoms with Crippen molar-refractivity contribution in [3.05, 3.63) is 0 Å². The minimum atomic E-state index is -0.616. The summed E-state index contributed by atoms with van der Waals surface area (Å²) in [5.41, 5.74) is 0. The summed E-state index contributed by atoms with van der Waals surface area (Å²) in [6.07, 6.45) is 0. The van der Waals surface area contributed by atoms with Crippen molar-refractivity contribution in [3.63, 3.8) is 0 Å². The summed E-state index contributed by atoms with van der Waals surface area (Å²) in [7, 11) is 0. The van der Waals surface area contributed by atoms with Gasteiger partial charge in [-0.05, 0) is 11.8 Å². The summed E-state index contributed by atoms with van der Waals surface area (Å²) < 4.78 is 19.1. The summed E-state index contributed by atoms with van der Waals surface area (Å²) >= 11 is 0. The molecular weight excluding hydrogens is 91.1 g/mol. The zero-order chi connectivity index (χ0) is 6.78. The predicted molar refractivity (Wildman–Crippen MR) is 30.0 cm³/mol. The van der Waals surface area contributed by atoms with Gasteiger partial charge in [-0.2, -0.15) is 0 Å². The summed E-state index contributed by atoms with van der Waals surface area (Å²) in [5.74, 6) is -0.767. The number of alkyl halides is 1. The van der Waals surface area contributed by atoms with Gasteiger partial charge in [0.2, 0.25) is 0 Å². The minimum absolute atomic E-state index is 0.150. The Kier molecular flexibility index (Phi) is 2.18. The van der Waals surface area contributed by atoms with Crippen LogP contribution >= 0.6 is 0 Å². The average Bonchev–Trinajstić information content (AvgIpc) is 1.62. The number of rotatable bonds is 2. The van der Waals surface area contributed by atoms with Crippen LogP contribution in [0.25, 0.3) is 0 Å². The second-order valence-electron chi connectivity index (χ2n) is 2.13. The number of hydrogen-bond acceptors (Lipinski definition) is 0. The molecule has 0 aromatic rings. The fourth-order valence-electron chi connectivity index (χ4n) is 0.154. The topological polar surface area (TPSA) is 0 Å². The van der Waals surface area contributed by atoms with Gasteiger partial charge in [-0.1, -0.05) is 20.8 Å². The fourth-order valence-corrected chi connectivity index (χ4v) is 0.154. The van der Waals surface area contributed by atoms with Crippen LogP contribution in [0.15, 0.2) is 0 Å². The molecule has 0 radical (unpaired) electrons. The first-order valence-corrected chi connectivity index (χ1v) is 2.54.